The molecule has 2 rings (SSSR count). The summed E-state index contributed by atoms with van der Waals surface area (Å²) < 4.78 is 3.04. The SMILES string of the molecule is Cc1c(C(N)=O)c(-c2ccc(Br)cc2)c(C)n1CCCO. The summed E-state index contributed by atoms with van der Waals surface area (Å²) in [7, 11) is 0. The second-order valence-corrected chi connectivity index (χ2v) is 5.94. The van der Waals surface area contributed by atoms with Crippen LogP contribution in [0.3, 0.4) is 0 Å². The molecule has 0 spiro atoms. The van der Waals surface area contributed by atoms with Crippen LogP contribution in [-0.4, -0.2) is 22.2 Å². The fraction of sp³-hybridized carbons (Fsp3) is 0.312. The first kappa shape index (κ1) is 15.8. The lowest BCUT2D eigenvalue weighted by Crippen LogP contribution is -2.13. The maximum Gasteiger partial charge on any atom is 0.251 e. The van der Waals surface area contributed by atoms with E-state index in [1.165, 1.54) is 0 Å². The Morgan fingerprint density at radius 2 is 1.86 bits per heavy atom. The lowest BCUT2D eigenvalue weighted by Gasteiger charge is -2.08. The molecule has 3 N–H and O–H groups in total. The van der Waals surface area contributed by atoms with Crippen LogP contribution in [-0.2, 0) is 6.54 Å². The highest BCUT2D eigenvalue weighted by molar-refractivity contribution is 9.10. The van der Waals surface area contributed by atoms with Gasteiger partial charge in [0, 0.05) is 34.6 Å². The number of aromatic nitrogens is 1. The van der Waals surface area contributed by atoms with Gasteiger partial charge in [0.15, 0.2) is 0 Å². The molecule has 1 heterocycles. The van der Waals surface area contributed by atoms with Crippen molar-refractivity contribution < 1.29 is 9.90 Å². The second-order valence-electron chi connectivity index (χ2n) is 5.02. The van der Waals surface area contributed by atoms with Crippen molar-refractivity contribution in [3.63, 3.8) is 0 Å². The van der Waals surface area contributed by atoms with Crippen molar-refractivity contribution in [1.29, 1.82) is 0 Å². The molecule has 0 aliphatic carbocycles. The van der Waals surface area contributed by atoms with Crippen LogP contribution in [0, 0.1) is 13.8 Å². The van der Waals surface area contributed by atoms with E-state index in [1.807, 2.05) is 42.7 Å². The van der Waals surface area contributed by atoms with Gasteiger partial charge in [0.25, 0.3) is 5.91 Å². The molecule has 1 aromatic carbocycles. The molecule has 0 aliphatic rings. The molecule has 0 fully saturated rings. The molecule has 5 heteroatoms. The summed E-state index contributed by atoms with van der Waals surface area (Å²) in [6, 6.07) is 7.82. The van der Waals surface area contributed by atoms with Crippen molar-refractivity contribution in [2.75, 3.05) is 6.61 Å². The summed E-state index contributed by atoms with van der Waals surface area (Å²) in [4.78, 5) is 11.9. The summed E-state index contributed by atoms with van der Waals surface area (Å²) in [5, 5.41) is 9.03. The third-order valence-corrected chi connectivity index (χ3v) is 4.23. The minimum absolute atomic E-state index is 0.122. The van der Waals surface area contributed by atoms with Gasteiger partial charge in [0.1, 0.15) is 0 Å². The first-order chi connectivity index (χ1) is 9.97. The second kappa shape index (κ2) is 6.45. The maximum atomic E-state index is 11.9. The third kappa shape index (κ3) is 3.04. The zero-order valence-electron chi connectivity index (χ0n) is 12.2. The van der Waals surface area contributed by atoms with Gasteiger partial charge in [0.05, 0.1) is 5.56 Å². The van der Waals surface area contributed by atoms with Crippen LogP contribution in [0.15, 0.2) is 28.7 Å². The smallest absolute Gasteiger partial charge is 0.251 e. The zero-order chi connectivity index (χ0) is 15.6. The molecular formula is C16H19BrN2O2. The van der Waals surface area contributed by atoms with Crippen LogP contribution in [0.1, 0.15) is 28.2 Å². The van der Waals surface area contributed by atoms with E-state index in [0.717, 1.165) is 27.0 Å². The number of primary amides is 1. The lowest BCUT2D eigenvalue weighted by atomic mass is 10.0. The Balaban J connectivity index is 2.63. The average Bonchev–Trinajstić information content (AvgIpc) is 2.69. The minimum Gasteiger partial charge on any atom is -0.396 e. The Morgan fingerprint density at radius 3 is 2.38 bits per heavy atom. The van der Waals surface area contributed by atoms with E-state index in [2.05, 4.69) is 15.9 Å². The number of carbonyl (C=O) groups is 1. The van der Waals surface area contributed by atoms with E-state index in [0.29, 0.717) is 18.5 Å². The first-order valence-electron chi connectivity index (χ1n) is 6.83. The van der Waals surface area contributed by atoms with Crippen LogP contribution >= 0.6 is 15.9 Å². The molecule has 112 valence electrons. The number of benzene rings is 1. The van der Waals surface area contributed by atoms with Crippen LogP contribution in [0.25, 0.3) is 11.1 Å². The van der Waals surface area contributed by atoms with Crippen LogP contribution in [0.2, 0.25) is 0 Å². The summed E-state index contributed by atoms with van der Waals surface area (Å²) in [5.74, 6) is -0.420. The highest BCUT2D eigenvalue weighted by atomic mass is 79.9. The molecule has 1 aromatic heterocycles. The monoisotopic (exact) mass is 350 g/mol. The Bertz CT molecular complexity index is 660. The number of hydrogen-bond acceptors (Lipinski definition) is 2. The number of aliphatic hydroxyl groups is 1. The summed E-state index contributed by atoms with van der Waals surface area (Å²) in [5.41, 5.74) is 9.84. The Labute approximate surface area is 132 Å². The van der Waals surface area contributed by atoms with Crippen molar-refractivity contribution >= 4 is 21.8 Å². The molecular weight excluding hydrogens is 332 g/mol. The molecule has 0 atom stereocenters. The fourth-order valence-electron chi connectivity index (χ4n) is 2.72. The first-order valence-corrected chi connectivity index (χ1v) is 7.63. The number of hydrogen-bond donors (Lipinski definition) is 2. The largest absolute Gasteiger partial charge is 0.396 e. The normalized spacial score (nSPS) is 10.9. The van der Waals surface area contributed by atoms with Gasteiger partial charge in [-0.3, -0.25) is 4.79 Å². The van der Waals surface area contributed by atoms with Gasteiger partial charge in [0.2, 0.25) is 0 Å². The van der Waals surface area contributed by atoms with Gasteiger partial charge < -0.3 is 15.4 Å². The molecule has 0 bridgehead atoms. The predicted molar refractivity (Wildman–Crippen MR) is 87.3 cm³/mol. The Kier molecular flexibility index (Phi) is 4.85. The van der Waals surface area contributed by atoms with Crippen LogP contribution in [0.5, 0.6) is 0 Å². The fourth-order valence-corrected chi connectivity index (χ4v) is 2.98. The Hall–Kier alpha value is -1.59. The van der Waals surface area contributed by atoms with Gasteiger partial charge in [-0.2, -0.15) is 0 Å². The van der Waals surface area contributed by atoms with Crippen molar-refractivity contribution in [3.8, 4) is 11.1 Å². The quantitative estimate of drug-likeness (QED) is 0.870. The average molecular weight is 351 g/mol. The molecule has 2 aromatic rings. The van der Waals surface area contributed by atoms with Gasteiger partial charge >= 0.3 is 0 Å². The molecule has 21 heavy (non-hydrogen) atoms. The zero-order valence-corrected chi connectivity index (χ0v) is 13.8. The van der Waals surface area contributed by atoms with E-state index < -0.39 is 5.91 Å². The highest BCUT2D eigenvalue weighted by Crippen LogP contribution is 2.33. The number of carbonyl (C=O) groups excluding carboxylic acids is 1. The number of aliphatic hydroxyl groups excluding tert-OH is 1. The predicted octanol–water partition coefficient (Wildman–Crippen LogP) is 3.02. The number of amides is 1. The Morgan fingerprint density at radius 1 is 1.24 bits per heavy atom. The van der Waals surface area contributed by atoms with Crippen LogP contribution < -0.4 is 5.73 Å². The molecule has 0 saturated carbocycles. The molecule has 0 saturated heterocycles. The summed E-state index contributed by atoms with van der Waals surface area (Å²) >= 11 is 3.41. The third-order valence-electron chi connectivity index (χ3n) is 3.70. The van der Waals surface area contributed by atoms with Crippen molar-refractivity contribution in [2.24, 2.45) is 5.73 Å². The van der Waals surface area contributed by atoms with E-state index in [1.54, 1.807) is 0 Å². The van der Waals surface area contributed by atoms with Gasteiger partial charge in [-0.15, -0.1) is 0 Å². The highest BCUT2D eigenvalue weighted by Gasteiger charge is 2.22. The summed E-state index contributed by atoms with van der Waals surface area (Å²) in [6.07, 6.45) is 0.647. The summed E-state index contributed by atoms with van der Waals surface area (Å²) in [6.45, 7) is 4.67. The molecule has 0 unspecified atom stereocenters. The molecule has 0 aliphatic heterocycles. The van der Waals surface area contributed by atoms with Crippen molar-refractivity contribution in [1.82, 2.24) is 4.57 Å². The van der Waals surface area contributed by atoms with E-state index >= 15 is 0 Å². The topological polar surface area (TPSA) is 68.2 Å². The number of halogens is 1. The molecule has 0 radical (unpaired) electrons. The number of nitrogens with two attached hydrogens (primary N) is 1. The number of nitrogens with zero attached hydrogens (tertiary/aromatic N) is 1. The minimum atomic E-state index is -0.420. The van der Waals surface area contributed by atoms with Gasteiger partial charge in [-0.1, -0.05) is 28.1 Å². The van der Waals surface area contributed by atoms with Crippen molar-refractivity contribution in [2.45, 2.75) is 26.8 Å². The van der Waals surface area contributed by atoms with Gasteiger partial charge in [-0.25, -0.2) is 0 Å². The van der Waals surface area contributed by atoms with E-state index in [9.17, 15) is 4.79 Å². The van der Waals surface area contributed by atoms with E-state index in [4.69, 9.17) is 10.8 Å². The standard InChI is InChI=1S/C16H19BrN2O2/c1-10-14(12-4-6-13(17)7-5-12)15(16(18)21)11(2)19(10)8-3-9-20/h4-7,20H,3,8-9H2,1-2H3,(H2,18,21). The molecule has 1 amide bonds. The molecule has 4 nitrogen and oxygen atoms in total. The lowest BCUT2D eigenvalue weighted by molar-refractivity contribution is 0.1000. The van der Waals surface area contributed by atoms with E-state index in [-0.39, 0.29) is 6.61 Å². The number of rotatable bonds is 5. The maximum absolute atomic E-state index is 11.9. The van der Waals surface area contributed by atoms with Crippen molar-refractivity contribution in [3.05, 3.63) is 45.7 Å². The van der Waals surface area contributed by atoms with Crippen LogP contribution in [0.4, 0.5) is 0 Å². The van der Waals surface area contributed by atoms with Gasteiger partial charge in [-0.05, 0) is 38.0 Å².